The van der Waals surface area contributed by atoms with Crippen LogP contribution in [0, 0.1) is 5.41 Å². The molecule has 0 aliphatic carbocycles. The van der Waals surface area contributed by atoms with Gasteiger partial charge < -0.3 is 0 Å². The van der Waals surface area contributed by atoms with Gasteiger partial charge in [-0.2, -0.15) is 13.2 Å². The molecule has 1 aromatic heterocycles. The summed E-state index contributed by atoms with van der Waals surface area (Å²) >= 11 is 6.66. The molecule has 1 heterocycles. The minimum absolute atomic E-state index is 0.0657. The number of alkyl halides is 3. The zero-order valence-corrected chi connectivity index (χ0v) is 9.56. The van der Waals surface area contributed by atoms with Gasteiger partial charge in [0.15, 0.2) is 5.78 Å². The highest BCUT2D eigenvalue weighted by atomic mass is 35.5. The first-order valence-corrected chi connectivity index (χ1v) is 5.28. The highest BCUT2D eigenvalue weighted by Gasteiger charge is 2.53. The molecule has 1 nitrogen and oxygen atoms in total. The van der Waals surface area contributed by atoms with E-state index < -0.39 is 17.4 Å². The standard InChI is InChI=1S/C9H8ClF3OS/c1-8(2,9(11,12)13)6(14)5-3-4-15-7(5)10/h3-4H,1-2H3. The maximum atomic E-state index is 12.5. The Morgan fingerprint density at radius 2 is 1.93 bits per heavy atom. The van der Waals surface area contributed by atoms with Gasteiger partial charge in [0, 0.05) is 5.56 Å². The summed E-state index contributed by atoms with van der Waals surface area (Å²) < 4.78 is 37.7. The molecule has 0 N–H and O–H groups in total. The van der Waals surface area contributed by atoms with Crippen LogP contribution in [0.4, 0.5) is 13.2 Å². The Morgan fingerprint density at radius 1 is 1.40 bits per heavy atom. The number of thiophene rings is 1. The van der Waals surface area contributed by atoms with Gasteiger partial charge in [-0.25, -0.2) is 0 Å². The summed E-state index contributed by atoms with van der Waals surface area (Å²) in [5, 5.41) is 1.49. The van der Waals surface area contributed by atoms with Crippen LogP contribution in [0.2, 0.25) is 4.34 Å². The molecule has 0 fully saturated rings. The van der Waals surface area contributed by atoms with Gasteiger partial charge in [0.05, 0.1) is 0 Å². The number of rotatable bonds is 2. The van der Waals surface area contributed by atoms with E-state index in [1.807, 2.05) is 0 Å². The third-order valence-corrected chi connectivity index (χ3v) is 3.31. The summed E-state index contributed by atoms with van der Waals surface area (Å²) in [5.41, 5.74) is -2.47. The van der Waals surface area contributed by atoms with Crippen molar-refractivity contribution in [3.8, 4) is 0 Å². The smallest absolute Gasteiger partial charge is 0.293 e. The highest BCUT2D eigenvalue weighted by molar-refractivity contribution is 7.14. The van der Waals surface area contributed by atoms with Crippen LogP contribution in [0.25, 0.3) is 0 Å². The number of halogens is 4. The van der Waals surface area contributed by atoms with E-state index in [2.05, 4.69) is 0 Å². The predicted molar refractivity (Wildman–Crippen MR) is 53.5 cm³/mol. The van der Waals surface area contributed by atoms with Crippen LogP contribution in [0.5, 0.6) is 0 Å². The Morgan fingerprint density at radius 3 is 2.27 bits per heavy atom. The van der Waals surface area contributed by atoms with Crippen LogP contribution in [-0.4, -0.2) is 12.0 Å². The molecular formula is C9H8ClF3OS. The molecule has 0 unspecified atom stereocenters. The molecule has 0 aliphatic heterocycles. The lowest BCUT2D eigenvalue weighted by Gasteiger charge is -2.25. The lowest BCUT2D eigenvalue weighted by molar-refractivity contribution is -0.192. The van der Waals surface area contributed by atoms with E-state index in [-0.39, 0.29) is 9.90 Å². The van der Waals surface area contributed by atoms with E-state index >= 15 is 0 Å². The second-order valence-electron chi connectivity index (χ2n) is 3.56. The van der Waals surface area contributed by atoms with Gasteiger partial charge in [-0.15, -0.1) is 11.3 Å². The molecule has 0 spiro atoms. The Kier molecular flexibility index (Phi) is 3.16. The van der Waals surface area contributed by atoms with Gasteiger partial charge in [-0.05, 0) is 25.3 Å². The van der Waals surface area contributed by atoms with E-state index in [4.69, 9.17) is 11.6 Å². The molecule has 15 heavy (non-hydrogen) atoms. The number of Topliss-reactive ketones (excluding diaryl/α,β-unsaturated/α-hetero) is 1. The predicted octanol–water partition coefficient (Wildman–Crippen LogP) is 4.17. The van der Waals surface area contributed by atoms with Crippen molar-refractivity contribution in [1.29, 1.82) is 0 Å². The van der Waals surface area contributed by atoms with E-state index in [1.165, 1.54) is 11.4 Å². The fourth-order valence-corrected chi connectivity index (χ4v) is 1.84. The van der Waals surface area contributed by atoms with Crippen molar-refractivity contribution >= 4 is 28.7 Å². The van der Waals surface area contributed by atoms with Crippen molar-refractivity contribution in [3.05, 3.63) is 21.3 Å². The van der Waals surface area contributed by atoms with E-state index in [1.54, 1.807) is 0 Å². The molecule has 0 saturated heterocycles. The minimum Gasteiger partial charge on any atom is -0.293 e. The minimum atomic E-state index is -4.57. The molecule has 0 radical (unpaired) electrons. The van der Waals surface area contributed by atoms with Crippen LogP contribution in [0.3, 0.4) is 0 Å². The van der Waals surface area contributed by atoms with Gasteiger partial charge in [0.2, 0.25) is 0 Å². The van der Waals surface area contributed by atoms with E-state index in [0.29, 0.717) is 0 Å². The average Bonchev–Trinajstić information content (AvgIpc) is 2.48. The van der Waals surface area contributed by atoms with Gasteiger partial charge in [0.1, 0.15) is 9.75 Å². The van der Waals surface area contributed by atoms with Gasteiger partial charge >= 0.3 is 6.18 Å². The molecular weight excluding hydrogens is 249 g/mol. The largest absolute Gasteiger partial charge is 0.401 e. The number of carbonyl (C=O) groups is 1. The molecule has 0 bridgehead atoms. The number of carbonyl (C=O) groups excluding carboxylic acids is 1. The van der Waals surface area contributed by atoms with Crippen molar-refractivity contribution in [1.82, 2.24) is 0 Å². The maximum Gasteiger partial charge on any atom is 0.401 e. The average molecular weight is 257 g/mol. The van der Waals surface area contributed by atoms with Gasteiger partial charge in [-0.3, -0.25) is 4.79 Å². The molecule has 1 aromatic rings. The SMILES string of the molecule is CC(C)(C(=O)c1ccsc1Cl)C(F)(F)F. The highest BCUT2D eigenvalue weighted by Crippen LogP contribution is 2.41. The van der Waals surface area contributed by atoms with Crippen molar-refractivity contribution in [2.45, 2.75) is 20.0 Å². The Labute approximate surface area is 93.9 Å². The topological polar surface area (TPSA) is 17.1 Å². The summed E-state index contributed by atoms with van der Waals surface area (Å²) in [6, 6.07) is 1.31. The lowest BCUT2D eigenvalue weighted by atomic mass is 9.84. The number of hydrogen-bond donors (Lipinski definition) is 0. The quantitative estimate of drug-likeness (QED) is 0.726. The van der Waals surface area contributed by atoms with Crippen LogP contribution in [-0.2, 0) is 0 Å². The zero-order valence-electron chi connectivity index (χ0n) is 7.98. The van der Waals surface area contributed by atoms with Crippen LogP contribution in [0.15, 0.2) is 11.4 Å². The first kappa shape index (κ1) is 12.5. The molecule has 0 aromatic carbocycles. The number of hydrogen-bond acceptors (Lipinski definition) is 2. The van der Waals surface area contributed by atoms with Gasteiger partial charge in [-0.1, -0.05) is 11.6 Å². The third kappa shape index (κ3) is 2.18. The molecule has 0 aliphatic rings. The van der Waals surface area contributed by atoms with Crippen molar-refractivity contribution in [3.63, 3.8) is 0 Å². The Balaban J connectivity index is 3.11. The molecule has 0 saturated carbocycles. The second-order valence-corrected chi connectivity index (χ2v) is 5.08. The number of ketones is 1. The van der Waals surface area contributed by atoms with Gasteiger partial charge in [0.25, 0.3) is 0 Å². The van der Waals surface area contributed by atoms with Crippen molar-refractivity contribution in [2.24, 2.45) is 5.41 Å². The van der Waals surface area contributed by atoms with E-state index in [0.717, 1.165) is 25.2 Å². The summed E-state index contributed by atoms with van der Waals surface area (Å²) in [6.07, 6.45) is -4.57. The fraction of sp³-hybridized carbons (Fsp3) is 0.444. The first-order chi connectivity index (χ1) is 6.68. The summed E-state index contributed by atoms with van der Waals surface area (Å²) in [5.74, 6) is -0.999. The fourth-order valence-electron chi connectivity index (χ4n) is 0.921. The molecule has 0 amide bonds. The lowest BCUT2D eigenvalue weighted by Crippen LogP contribution is -2.39. The first-order valence-electron chi connectivity index (χ1n) is 4.02. The summed E-state index contributed by atoms with van der Waals surface area (Å²) in [7, 11) is 0. The van der Waals surface area contributed by atoms with Crippen LogP contribution < -0.4 is 0 Å². The monoisotopic (exact) mass is 256 g/mol. The summed E-state index contributed by atoms with van der Waals surface area (Å²) in [4.78, 5) is 11.6. The van der Waals surface area contributed by atoms with Crippen molar-refractivity contribution < 1.29 is 18.0 Å². The Hall–Kier alpha value is -0.550. The second kappa shape index (κ2) is 3.79. The Bertz CT molecular complexity index is 381. The van der Waals surface area contributed by atoms with Crippen LogP contribution >= 0.6 is 22.9 Å². The molecule has 84 valence electrons. The molecule has 1 rings (SSSR count). The summed E-state index contributed by atoms with van der Waals surface area (Å²) in [6.45, 7) is 1.70. The van der Waals surface area contributed by atoms with E-state index in [9.17, 15) is 18.0 Å². The molecule has 6 heteroatoms. The third-order valence-electron chi connectivity index (χ3n) is 2.14. The normalized spacial score (nSPS) is 12.9. The maximum absolute atomic E-state index is 12.5. The van der Waals surface area contributed by atoms with Crippen molar-refractivity contribution in [2.75, 3.05) is 0 Å². The zero-order chi connectivity index (χ0) is 11.9. The van der Waals surface area contributed by atoms with Crippen LogP contribution in [0.1, 0.15) is 24.2 Å². The molecule has 0 atom stereocenters.